The number of ether oxygens (including phenoxy) is 2. The van der Waals surface area contributed by atoms with Crippen molar-refractivity contribution >= 4 is 5.82 Å². The summed E-state index contributed by atoms with van der Waals surface area (Å²) in [6.45, 7) is 3.52. The lowest BCUT2D eigenvalue weighted by Gasteiger charge is -2.40. The first-order valence-electron chi connectivity index (χ1n) is 7.91. The van der Waals surface area contributed by atoms with E-state index in [1.54, 1.807) is 0 Å². The third-order valence-corrected chi connectivity index (χ3v) is 5.12. The summed E-state index contributed by atoms with van der Waals surface area (Å²) in [5.74, 6) is 0.584. The van der Waals surface area contributed by atoms with Crippen LogP contribution in [0.2, 0.25) is 0 Å². The van der Waals surface area contributed by atoms with Crippen molar-refractivity contribution in [1.82, 2.24) is 4.98 Å². The third kappa shape index (κ3) is 2.33. The summed E-state index contributed by atoms with van der Waals surface area (Å²) in [5, 5.41) is 10.9. The largest absolute Gasteiger partial charge is 0.385 e. The number of aromatic nitrogens is 1. The van der Waals surface area contributed by atoms with Crippen LogP contribution in [0.25, 0.3) is 0 Å². The van der Waals surface area contributed by atoms with Crippen LogP contribution in [0.1, 0.15) is 37.7 Å². The molecule has 2 saturated heterocycles. The molecule has 4 rings (SSSR count). The Balaban J connectivity index is 1.47. The fraction of sp³-hybridized carbons (Fsp3) is 0.688. The highest BCUT2D eigenvalue weighted by Gasteiger charge is 2.46. The van der Waals surface area contributed by atoms with Crippen LogP contribution in [0.5, 0.6) is 0 Å². The van der Waals surface area contributed by atoms with Crippen molar-refractivity contribution in [1.29, 1.82) is 0 Å². The zero-order valence-corrected chi connectivity index (χ0v) is 12.3. The Bertz CT molecular complexity index is 497. The van der Waals surface area contributed by atoms with Gasteiger partial charge in [0.1, 0.15) is 5.82 Å². The van der Waals surface area contributed by atoms with E-state index >= 15 is 0 Å². The van der Waals surface area contributed by atoms with Crippen LogP contribution in [0.15, 0.2) is 18.3 Å². The lowest BCUT2D eigenvalue weighted by Crippen LogP contribution is -2.42. The predicted octanol–water partition coefficient (Wildman–Crippen LogP) is 1.80. The Kier molecular flexibility index (Phi) is 3.17. The third-order valence-electron chi connectivity index (χ3n) is 5.12. The lowest BCUT2D eigenvalue weighted by atomic mass is 9.77. The highest BCUT2D eigenvalue weighted by Crippen LogP contribution is 2.44. The molecule has 0 bridgehead atoms. The molecule has 0 amide bonds. The Hall–Kier alpha value is -1.17. The van der Waals surface area contributed by atoms with E-state index in [2.05, 4.69) is 9.88 Å². The summed E-state index contributed by atoms with van der Waals surface area (Å²) in [5.41, 5.74) is 0.126. The first kappa shape index (κ1) is 13.5. The minimum atomic E-state index is -0.791. The first-order chi connectivity index (χ1) is 10.2. The van der Waals surface area contributed by atoms with Gasteiger partial charge in [0.25, 0.3) is 0 Å². The van der Waals surface area contributed by atoms with Gasteiger partial charge in [0.2, 0.25) is 0 Å². The number of hydrogen-bond acceptors (Lipinski definition) is 5. The van der Waals surface area contributed by atoms with E-state index in [0.717, 1.165) is 37.3 Å². The van der Waals surface area contributed by atoms with Gasteiger partial charge in [-0.05, 0) is 25.3 Å². The van der Waals surface area contributed by atoms with Gasteiger partial charge in [-0.25, -0.2) is 4.98 Å². The molecule has 5 nitrogen and oxygen atoms in total. The molecule has 0 atom stereocenters. The fourth-order valence-electron chi connectivity index (χ4n) is 3.51. The number of nitrogens with zero attached hydrogens (tertiary/aromatic N) is 2. The van der Waals surface area contributed by atoms with Gasteiger partial charge in [0, 0.05) is 37.7 Å². The zero-order valence-electron chi connectivity index (χ0n) is 12.3. The van der Waals surface area contributed by atoms with Crippen LogP contribution >= 0.6 is 0 Å². The molecule has 21 heavy (non-hydrogen) atoms. The van der Waals surface area contributed by atoms with Crippen molar-refractivity contribution in [2.45, 2.75) is 43.5 Å². The molecule has 3 fully saturated rings. The number of anilines is 1. The highest BCUT2D eigenvalue weighted by atomic mass is 16.7. The van der Waals surface area contributed by atoms with Crippen molar-refractivity contribution in [2.24, 2.45) is 0 Å². The SMILES string of the molecule is OC1(c2ccc(N3CCC3)nc2)CCC2(CC1)OCCO2. The molecule has 1 N–H and O–H groups in total. The second-order valence-corrected chi connectivity index (χ2v) is 6.38. The molecule has 1 aromatic heterocycles. The van der Waals surface area contributed by atoms with Gasteiger partial charge in [0.15, 0.2) is 5.79 Å². The minimum absolute atomic E-state index is 0.433. The quantitative estimate of drug-likeness (QED) is 0.900. The summed E-state index contributed by atoms with van der Waals surface area (Å²) in [4.78, 5) is 6.77. The van der Waals surface area contributed by atoms with E-state index < -0.39 is 11.4 Å². The molecular formula is C16H22N2O3. The maximum absolute atomic E-state index is 10.9. The molecule has 2 aliphatic heterocycles. The highest BCUT2D eigenvalue weighted by molar-refractivity contribution is 5.42. The summed E-state index contributed by atoms with van der Waals surface area (Å²) < 4.78 is 11.5. The standard InChI is InChI=1S/C16H22N2O3/c19-15(4-6-16(7-5-15)20-10-11-21-16)13-2-3-14(17-12-13)18-8-1-9-18/h2-3,12,19H,1,4-11H2. The Morgan fingerprint density at radius 3 is 2.29 bits per heavy atom. The molecule has 1 spiro atoms. The molecule has 1 saturated carbocycles. The summed E-state index contributed by atoms with van der Waals surface area (Å²) in [6, 6.07) is 4.05. The summed E-state index contributed by atoms with van der Waals surface area (Å²) in [7, 11) is 0. The second kappa shape index (κ2) is 4.93. The molecule has 0 aromatic carbocycles. The van der Waals surface area contributed by atoms with E-state index in [-0.39, 0.29) is 0 Å². The van der Waals surface area contributed by atoms with Gasteiger partial charge in [-0.2, -0.15) is 0 Å². The molecule has 114 valence electrons. The second-order valence-electron chi connectivity index (χ2n) is 6.38. The van der Waals surface area contributed by atoms with Crippen molar-refractivity contribution in [3.05, 3.63) is 23.9 Å². The van der Waals surface area contributed by atoms with Gasteiger partial charge in [-0.3, -0.25) is 0 Å². The van der Waals surface area contributed by atoms with Crippen LogP contribution in [-0.4, -0.2) is 42.2 Å². The maximum Gasteiger partial charge on any atom is 0.168 e. The smallest absolute Gasteiger partial charge is 0.168 e. The normalized spacial score (nSPS) is 26.8. The average Bonchev–Trinajstić information content (AvgIpc) is 2.91. The van der Waals surface area contributed by atoms with Gasteiger partial charge in [-0.1, -0.05) is 6.07 Å². The van der Waals surface area contributed by atoms with Crippen molar-refractivity contribution in [3.63, 3.8) is 0 Å². The van der Waals surface area contributed by atoms with Crippen LogP contribution < -0.4 is 4.90 Å². The monoisotopic (exact) mass is 290 g/mol. The number of hydrogen-bond donors (Lipinski definition) is 1. The number of pyridine rings is 1. The molecule has 0 unspecified atom stereocenters. The van der Waals surface area contributed by atoms with Crippen LogP contribution in [0, 0.1) is 0 Å². The van der Waals surface area contributed by atoms with E-state index in [1.165, 1.54) is 6.42 Å². The molecule has 5 heteroatoms. The topological polar surface area (TPSA) is 54.8 Å². The lowest BCUT2D eigenvalue weighted by molar-refractivity contribution is -0.204. The fourth-order valence-corrected chi connectivity index (χ4v) is 3.51. The van der Waals surface area contributed by atoms with Gasteiger partial charge in [-0.15, -0.1) is 0 Å². The molecule has 1 aromatic rings. The minimum Gasteiger partial charge on any atom is -0.385 e. The van der Waals surface area contributed by atoms with Crippen molar-refractivity contribution < 1.29 is 14.6 Å². The van der Waals surface area contributed by atoms with Crippen LogP contribution in [0.3, 0.4) is 0 Å². The van der Waals surface area contributed by atoms with Crippen LogP contribution in [-0.2, 0) is 15.1 Å². The molecule has 3 aliphatic rings. The van der Waals surface area contributed by atoms with E-state index in [9.17, 15) is 5.11 Å². The van der Waals surface area contributed by atoms with E-state index in [0.29, 0.717) is 26.1 Å². The zero-order chi connectivity index (χ0) is 14.3. The molecular weight excluding hydrogens is 268 g/mol. The Morgan fingerprint density at radius 1 is 1.05 bits per heavy atom. The Labute approximate surface area is 124 Å². The van der Waals surface area contributed by atoms with Crippen molar-refractivity contribution in [3.8, 4) is 0 Å². The first-order valence-corrected chi connectivity index (χ1v) is 7.91. The summed E-state index contributed by atoms with van der Waals surface area (Å²) in [6.07, 6.45) is 5.90. The average molecular weight is 290 g/mol. The maximum atomic E-state index is 10.9. The van der Waals surface area contributed by atoms with Gasteiger partial charge >= 0.3 is 0 Å². The van der Waals surface area contributed by atoms with Gasteiger partial charge in [0.05, 0.1) is 18.8 Å². The van der Waals surface area contributed by atoms with Crippen molar-refractivity contribution in [2.75, 3.05) is 31.2 Å². The number of aliphatic hydroxyl groups is 1. The van der Waals surface area contributed by atoms with Crippen LogP contribution in [0.4, 0.5) is 5.82 Å². The molecule has 3 heterocycles. The Morgan fingerprint density at radius 2 is 1.76 bits per heavy atom. The number of rotatable bonds is 2. The van der Waals surface area contributed by atoms with E-state index in [4.69, 9.17) is 9.47 Å². The summed E-state index contributed by atoms with van der Waals surface area (Å²) >= 11 is 0. The van der Waals surface area contributed by atoms with E-state index in [1.807, 2.05) is 18.3 Å². The molecule has 0 radical (unpaired) electrons. The van der Waals surface area contributed by atoms with Gasteiger partial charge < -0.3 is 19.5 Å². The molecule has 1 aliphatic carbocycles. The predicted molar refractivity (Wildman–Crippen MR) is 78.1 cm³/mol.